The lowest BCUT2D eigenvalue weighted by Crippen LogP contribution is -2.47. The molecule has 0 radical (unpaired) electrons. The number of rotatable bonds is 4. The first-order chi connectivity index (χ1) is 13.6. The molecule has 2 amide bonds. The summed E-state index contributed by atoms with van der Waals surface area (Å²) in [6, 6.07) is 13.1. The summed E-state index contributed by atoms with van der Waals surface area (Å²) in [6.07, 6.45) is 1.91. The number of nitrogens with one attached hydrogen (secondary N) is 1. The van der Waals surface area contributed by atoms with Gasteiger partial charge in [0.1, 0.15) is 0 Å². The molecule has 2 aliphatic rings. The molecule has 6 nitrogen and oxygen atoms in total. The smallest absolute Gasteiger partial charge is 0.322 e. The number of nitrogens with zero attached hydrogens (tertiary/aromatic N) is 2. The standard InChI is InChI=1S/C21H24ClN3O3/c1-24-10-8-18(9-11-24)25(21(26)23-17-5-3-16(22)4-6-17)13-15-2-7-19-20(12-15)28-14-27-19/h2-7,12,18H,8-11,13-14H2,1H3,(H,23,26). The van der Waals surface area contributed by atoms with Crippen molar-refractivity contribution in [1.29, 1.82) is 0 Å². The van der Waals surface area contributed by atoms with Gasteiger partial charge in [-0.1, -0.05) is 17.7 Å². The van der Waals surface area contributed by atoms with E-state index in [1.54, 1.807) is 12.1 Å². The summed E-state index contributed by atoms with van der Waals surface area (Å²) < 4.78 is 10.9. The molecule has 28 heavy (non-hydrogen) atoms. The van der Waals surface area contributed by atoms with Gasteiger partial charge in [0.25, 0.3) is 0 Å². The molecule has 0 atom stereocenters. The number of piperidine rings is 1. The Bertz CT molecular complexity index is 835. The predicted octanol–water partition coefficient (Wildman–Crippen LogP) is 4.20. The van der Waals surface area contributed by atoms with Crippen LogP contribution in [0.3, 0.4) is 0 Å². The second-order valence-corrected chi connectivity index (χ2v) is 7.72. The molecule has 2 aliphatic heterocycles. The van der Waals surface area contributed by atoms with Gasteiger partial charge in [0.05, 0.1) is 0 Å². The molecule has 2 aromatic carbocycles. The average Bonchev–Trinajstić information content (AvgIpc) is 3.16. The number of amides is 2. The summed E-state index contributed by atoms with van der Waals surface area (Å²) in [5.41, 5.74) is 1.76. The maximum absolute atomic E-state index is 13.1. The van der Waals surface area contributed by atoms with Gasteiger partial charge in [0, 0.05) is 23.3 Å². The van der Waals surface area contributed by atoms with Crippen molar-refractivity contribution >= 4 is 23.3 Å². The van der Waals surface area contributed by atoms with E-state index in [-0.39, 0.29) is 18.9 Å². The fourth-order valence-electron chi connectivity index (χ4n) is 3.64. The SMILES string of the molecule is CN1CCC(N(Cc2ccc3c(c2)OCO3)C(=O)Nc2ccc(Cl)cc2)CC1. The van der Waals surface area contributed by atoms with E-state index < -0.39 is 0 Å². The van der Waals surface area contributed by atoms with Crippen molar-refractivity contribution in [2.45, 2.75) is 25.4 Å². The molecule has 0 aliphatic carbocycles. The Morgan fingerprint density at radius 2 is 1.86 bits per heavy atom. The molecule has 148 valence electrons. The zero-order chi connectivity index (χ0) is 19.5. The van der Waals surface area contributed by atoms with Crippen LogP contribution in [0.4, 0.5) is 10.5 Å². The van der Waals surface area contributed by atoms with Gasteiger partial charge in [0.15, 0.2) is 11.5 Å². The fraction of sp³-hybridized carbons (Fsp3) is 0.381. The molecular formula is C21H24ClN3O3. The van der Waals surface area contributed by atoms with Crippen LogP contribution >= 0.6 is 11.6 Å². The Labute approximate surface area is 170 Å². The van der Waals surface area contributed by atoms with E-state index in [1.807, 2.05) is 35.2 Å². The van der Waals surface area contributed by atoms with Crippen molar-refractivity contribution in [3.8, 4) is 11.5 Å². The number of benzene rings is 2. The third-order valence-corrected chi connectivity index (χ3v) is 5.53. The third-order valence-electron chi connectivity index (χ3n) is 5.28. The molecule has 1 fully saturated rings. The highest BCUT2D eigenvalue weighted by molar-refractivity contribution is 6.30. The minimum atomic E-state index is -0.102. The lowest BCUT2D eigenvalue weighted by molar-refractivity contribution is 0.135. The van der Waals surface area contributed by atoms with Crippen LogP contribution in [0.15, 0.2) is 42.5 Å². The number of anilines is 1. The molecule has 0 unspecified atom stereocenters. The summed E-state index contributed by atoms with van der Waals surface area (Å²) in [6.45, 7) is 2.73. The van der Waals surface area contributed by atoms with E-state index in [1.165, 1.54) is 0 Å². The van der Waals surface area contributed by atoms with Gasteiger partial charge < -0.3 is 24.6 Å². The van der Waals surface area contributed by atoms with E-state index in [4.69, 9.17) is 21.1 Å². The van der Waals surface area contributed by atoms with E-state index >= 15 is 0 Å². The molecule has 0 aromatic heterocycles. The Morgan fingerprint density at radius 3 is 2.61 bits per heavy atom. The van der Waals surface area contributed by atoms with Crippen LogP contribution in [0, 0.1) is 0 Å². The number of likely N-dealkylation sites (tertiary alicyclic amines) is 1. The molecule has 2 aromatic rings. The van der Waals surface area contributed by atoms with Gasteiger partial charge in [-0.25, -0.2) is 4.79 Å². The maximum atomic E-state index is 13.1. The van der Waals surface area contributed by atoms with Crippen LogP contribution in [0.2, 0.25) is 5.02 Å². The quantitative estimate of drug-likeness (QED) is 0.834. The van der Waals surface area contributed by atoms with Gasteiger partial charge >= 0.3 is 6.03 Å². The number of halogens is 1. The first-order valence-electron chi connectivity index (χ1n) is 9.49. The van der Waals surface area contributed by atoms with Gasteiger partial charge in [-0.15, -0.1) is 0 Å². The van der Waals surface area contributed by atoms with Crippen molar-refractivity contribution in [3.05, 3.63) is 53.1 Å². The van der Waals surface area contributed by atoms with Crippen LogP contribution in [-0.2, 0) is 6.54 Å². The Balaban J connectivity index is 1.52. The molecule has 7 heteroatoms. The highest BCUT2D eigenvalue weighted by atomic mass is 35.5. The molecule has 4 rings (SSSR count). The molecule has 0 spiro atoms. The molecule has 0 saturated carbocycles. The summed E-state index contributed by atoms with van der Waals surface area (Å²) in [5, 5.41) is 3.65. The van der Waals surface area contributed by atoms with E-state index in [9.17, 15) is 4.79 Å². The number of carbonyl (C=O) groups is 1. The lowest BCUT2D eigenvalue weighted by atomic mass is 10.0. The monoisotopic (exact) mass is 401 g/mol. The van der Waals surface area contributed by atoms with Crippen molar-refractivity contribution in [3.63, 3.8) is 0 Å². The summed E-state index contributed by atoms with van der Waals surface area (Å²) >= 11 is 5.95. The highest BCUT2D eigenvalue weighted by Gasteiger charge is 2.28. The number of fused-ring (bicyclic) bond motifs is 1. The number of urea groups is 1. The Morgan fingerprint density at radius 1 is 1.14 bits per heavy atom. The molecule has 1 N–H and O–H groups in total. The van der Waals surface area contributed by atoms with E-state index in [2.05, 4.69) is 17.3 Å². The minimum absolute atomic E-state index is 0.102. The van der Waals surface area contributed by atoms with Crippen LogP contribution < -0.4 is 14.8 Å². The van der Waals surface area contributed by atoms with Crippen molar-refractivity contribution in [2.24, 2.45) is 0 Å². The molecule has 2 heterocycles. The van der Waals surface area contributed by atoms with E-state index in [0.717, 1.165) is 48.7 Å². The second kappa shape index (κ2) is 8.29. The third kappa shape index (κ3) is 4.34. The normalized spacial score (nSPS) is 16.8. The second-order valence-electron chi connectivity index (χ2n) is 7.29. The predicted molar refractivity (Wildman–Crippen MR) is 109 cm³/mol. The van der Waals surface area contributed by atoms with Gasteiger partial charge in [-0.3, -0.25) is 0 Å². The van der Waals surface area contributed by atoms with Crippen LogP contribution in [0.1, 0.15) is 18.4 Å². The van der Waals surface area contributed by atoms with E-state index in [0.29, 0.717) is 11.6 Å². The van der Waals surface area contributed by atoms with Gasteiger partial charge in [-0.05, 0) is 74.9 Å². The minimum Gasteiger partial charge on any atom is -0.454 e. The van der Waals surface area contributed by atoms with Crippen LogP contribution in [0.5, 0.6) is 11.5 Å². The maximum Gasteiger partial charge on any atom is 0.322 e. The van der Waals surface area contributed by atoms with Gasteiger partial charge in [0.2, 0.25) is 6.79 Å². The summed E-state index contributed by atoms with van der Waals surface area (Å²) in [5.74, 6) is 1.49. The first kappa shape index (κ1) is 18.9. The van der Waals surface area contributed by atoms with Crippen molar-refractivity contribution in [2.75, 3.05) is 32.2 Å². The molecule has 1 saturated heterocycles. The number of ether oxygens (including phenoxy) is 2. The number of carbonyl (C=O) groups excluding carboxylic acids is 1. The lowest BCUT2D eigenvalue weighted by Gasteiger charge is -2.37. The molecule has 0 bridgehead atoms. The number of hydrogen-bond donors (Lipinski definition) is 1. The highest BCUT2D eigenvalue weighted by Crippen LogP contribution is 2.33. The summed E-state index contributed by atoms with van der Waals surface area (Å²) in [7, 11) is 2.12. The zero-order valence-corrected chi connectivity index (χ0v) is 16.6. The van der Waals surface area contributed by atoms with Crippen molar-refractivity contribution in [1.82, 2.24) is 9.80 Å². The average molecular weight is 402 g/mol. The fourth-order valence-corrected chi connectivity index (χ4v) is 3.76. The topological polar surface area (TPSA) is 54.0 Å². The largest absolute Gasteiger partial charge is 0.454 e. The van der Waals surface area contributed by atoms with Crippen LogP contribution in [-0.4, -0.2) is 48.8 Å². The first-order valence-corrected chi connectivity index (χ1v) is 9.86. The Kier molecular flexibility index (Phi) is 5.59. The zero-order valence-electron chi connectivity index (χ0n) is 15.9. The summed E-state index contributed by atoms with van der Waals surface area (Å²) in [4.78, 5) is 17.4. The van der Waals surface area contributed by atoms with Crippen molar-refractivity contribution < 1.29 is 14.3 Å². The van der Waals surface area contributed by atoms with Gasteiger partial charge in [-0.2, -0.15) is 0 Å². The van der Waals surface area contributed by atoms with Crippen LogP contribution in [0.25, 0.3) is 0 Å². The number of hydrogen-bond acceptors (Lipinski definition) is 4. The Hall–Kier alpha value is -2.44. The molecular weight excluding hydrogens is 378 g/mol.